The zero-order valence-electron chi connectivity index (χ0n) is 21.1. The number of benzene rings is 5. The Morgan fingerprint density at radius 1 is 0.487 bits per heavy atom. The fourth-order valence-corrected chi connectivity index (χ4v) is 7.26. The fourth-order valence-electron chi connectivity index (χ4n) is 7.26. The molecule has 0 saturated carbocycles. The molecule has 5 heterocycles. The van der Waals surface area contributed by atoms with Crippen molar-refractivity contribution in [3.8, 4) is 5.69 Å². The minimum atomic E-state index is 0.894. The molecule has 0 saturated heterocycles. The lowest BCUT2D eigenvalue weighted by Crippen LogP contribution is -1.93. The molecule has 0 radical (unpaired) electrons. The van der Waals surface area contributed by atoms with Crippen molar-refractivity contribution in [2.75, 3.05) is 0 Å². The maximum absolute atomic E-state index is 6.83. The zero-order valence-corrected chi connectivity index (χ0v) is 21.1. The van der Waals surface area contributed by atoms with Gasteiger partial charge in [0.2, 0.25) is 5.71 Å². The average Bonchev–Trinajstić information content (AvgIpc) is 3.68. The van der Waals surface area contributed by atoms with E-state index in [1.54, 1.807) is 0 Å². The van der Waals surface area contributed by atoms with Crippen molar-refractivity contribution >= 4 is 82.1 Å². The van der Waals surface area contributed by atoms with Crippen molar-refractivity contribution in [2.24, 2.45) is 7.05 Å². The summed E-state index contributed by atoms with van der Waals surface area (Å²) in [5.74, 6) is 0. The van der Waals surface area contributed by atoms with Gasteiger partial charge in [0.1, 0.15) is 5.58 Å². The van der Waals surface area contributed by atoms with Crippen LogP contribution in [0.25, 0.3) is 87.8 Å². The Balaban J connectivity index is 1.66. The van der Waals surface area contributed by atoms with Crippen LogP contribution >= 0.6 is 0 Å². The molecule has 0 unspecified atom stereocenters. The second kappa shape index (κ2) is 6.61. The Morgan fingerprint density at radius 3 is 2.10 bits per heavy atom. The first kappa shape index (κ1) is 19.8. The van der Waals surface area contributed by atoms with Gasteiger partial charge in [0.25, 0.3) is 0 Å². The number of nitrogens with zero attached hydrogens (tertiary/aromatic N) is 3. The summed E-state index contributed by atoms with van der Waals surface area (Å²) in [4.78, 5) is 0. The summed E-state index contributed by atoms with van der Waals surface area (Å²) in [6.45, 7) is 0. The Hall–Kier alpha value is -5.22. The summed E-state index contributed by atoms with van der Waals surface area (Å²) in [6, 6.07) is 39.2. The van der Waals surface area contributed by atoms with E-state index in [1.807, 2.05) is 0 Å². The van der Waals surface area contributed by atoms with Gasteiger partial charge in [-0.3, -0.25) is 4.40 Å². The van der Waals surface area contributed by atoms with Gasteiger partial charge in [0.15, 0.2) is 0 Å². The van der Waals surface area contributed by atoms with Gasteiger partial charge in [-0.25, -0.2) is 0 Å². The van der Waals surface area contributed by atoms with Crippen LogP contribution in [-0.2, 0) is 7.05 Å². The van der Waals surface area contributed by atoms with Crippen LogP contribution in [-0.4, -0.2) is 13.5 Å². The van der Waals surface area contributed by atoms with Gasteiger partial charge in [-0.1, -0.05) is 66.7 Å². The molecule has 5 aromatic heterocycles. The minimum absolute atomic E-state index is 0.894. The number of para-hydroxylation sites is 3. The topological polar surface area (TPSA) is 27.4 Å². The highest BCUT2D eigenvalue weighted by Gasteiger charge is 2.27. The van der Waals surface area contributed by atoms with Crippen LogP contribution in [0.15, 0.2) is 114 Å². The molecule has 10 aromatic rings. The third kappa shape index (κ3) is 2.16. The molecule has 10 rings (SSSR count). The number of fused-ring (bicyclic) bond motifs is 10. The third-order valence-corrected chi connectivity index (χ3v) is 8.79. The maximum Gasteiger partial charge on any atom is 0.213 e. The highest BCUT2D eigenvalue weighted by molar-refractivity contribution is 6.36. The van der Waals surface area contributed by atoms with Crippen molar-refractivity contribution in [3.63, 3.8) is 0 Å². The molecule has 0 atom stereocenters. The van der Waals surface area contributed by atoms with E-state index < -0.39 is 0 Å². The van der Waals surface area contributed by atoms with E-state index in [-0.39, 0.29) is 0 Å². The highest BCUT2D eigenvalue weighted by Crippen LogP contribution is 2.48. The van der Waals surface area contributed by atoms with Crippen molar-refractivity contribution in [3.05, 3.63) is 109 Å². The molecule has 39 heavy (non-hydrogen) atoms. The number of aryl methyl sites for hydroxylation is 1. The molecule has 0 aliphatic heterocycles. The molecule has 0 bridgehead atoms. The van der Waals surface area contributed by atoms with Gasteiger partial charge < -0.3 is 13.6 Å². The van der Waals surface area contributed by atoms with Crippen LogP contribution in [0.4, 0.5) is 0 Å². The largest absolute Gasteiger partial charge is 0.439 e. The fraction of sp³-hybridized carbons (Fsp3) is 0.0286. The van der Waals surface area contributed by atoms with Gasteiger partial charge in [0.05, 0.1) is 33.0 Å². The van der Waals surface area contributed by atoms with E-state index >= 15 is 0 Å². The summed E-state index contributed by atoms with van der Waals surface area (Å²) in [5, 5.41) is 8.56. The number of furan rings is 1. The lowest BCUT2D eigenvalue weighted by molar-refractivity contribution is 0.651. The third-order valence-electron chi connectivity index (χ3n) is 8.79. The van der Waals surface area contributed by atoms with Gasteiger partial charge in [-0.2, -0.15) is 0 Å². The predicted molar refractivity (Wildman–Crippen MR) is 162 cm³/mol. The Kier molecular flexibility index (Phi) is 3.36. The smallest absolute Gasteiger partial charge is 0.213 e. The molecule has 0 N–H and O–H groups in total. The van der Waals surface area contributed by atoms with Crippen LogP contribution in [0.3, 0.4) is 0 Å². The number of aromatic nitrogens is 3. The molecule has 0 fully saturated rings. The summed E-state index contributed by atoms with van der Waals surface area (Å²) in [6.07, 6.45) is 0. The standard InChI is InChI=1S/C35H21N3O/c1-36-26-16-9-14-23-29-22-13-6-8-17-28(22)39-35(29)38-32-24(18-19-27(36)31(32)30(23)26)34-33(38)21-12-5-7-15-25(21)37(34)20-10-3-2-4-11-20/h2-19H,1H3. The van der Waals surface area contributed by atoms with E-state index in [2.05, 4.69) is 130 Å². The predicted octanol–water partition coefficient (Wildman–Crippen LogP) is 9.17. The van der Waals surface area contributed by atoms with Crippen LogP contribution in [0.2, 0.25) is 0 Å². The quantitative estimate of drug-likeness (QED) is 0.221. The monoisotopic (exact) mass is 499 g/mol. The maximum atomic E-state index is 6.83. The van der Waals surface area contributed by atoms with Crippen LogP contribution < -0.4 is 0 Å². The first-order valence-electron chi connectivity index (χ1n) is 13.4. The van der Waals surface area contributed by atoms with Crippen LogP contribution in [0.1, 0.15) is 0 Å². The number of hydrogen-bond acceptors (Lipinski definition) is 1. The highest BCUT2D eigenvalue weighted by atomic mass is 16.3. The SMILES string of the molecule is Cn1c2cccc3c2c2c1ccc1c4c(c5ccccc5n4-c4ccccc4)n(c4oc5ccccc5c34)c12. The van der Waals surface area contributed by atoms with Gasteiger partial charge in [-0.15, -0.1) is 0 Å². The molecule has 0 spiro atoms. The molecule has 5 aromatic carbocycles. The molecule has 0 amide bonds. The second-order valence-electron chi connectivity index (χ2n) is 10.6. The lowest BCUT2D eigenvalue weighted by Gasteiger charge is -2.07. The number of rotatable bonds is 1. The van der Waals surface area contributed by atoms with Crippen molar-refractivity contribution < 1.29 is 4.42 Å². The summed E-state index contributed by atoms with van der Waals surface area (Å²) in [5.41, 5.74) is 10.2. The minimum Gasteiger partial charge on any atom is -0.439 e. The lowest BCUT2D eigenvalue weighted by atomic mass is 10.0. The van der Waals surface area contributed by atoms with Crippen molar-refractivity contribution in [1.29, 1.82) is 0 Å². The van der Waals surface area contributed by atoms with Crippen molar-refractivity contribution in [2.45, 2.75) is 0 Å². The normalized spacial score (nSPS) is 12.7. The molecule has 0 aliphatic carbocycles. The molecule has 4 heteroatoms. The molecule has 0 aliphatic rings. The zero-order chi connectivity index (χ0) is 25.4. The summed E-state index contributed by atoms with van der Waals surface area (Å²) in [7, 11) is 2.18. The molecular weight excluding hydrogens is 478 g/mol. The molecular formula is C35H21N3O. The molecule has 182 valence electrons. The van der Waals surface area contributed by atoms with E-state index in [4.69, 9.17) is 4.42 Å². The molecule has 4 nitrogen and oxygen atoms in total. The van der Waals surface area contributed by atoms with Gasteiger partial charge in [0, 0.05) is 45.2 Å². The van der Waals surface area contributed by atoms with Crippen LogP contribution in [0.5, 0.6) is 0 Å². The summed E-state index contributed by atoms with van der Waals surface area (Å²) < 4.78 is 14.0. The van der Waals surface area contributed by atoms with Crippen molar-refractivity contribution in [1.82, 2.24) is 13.5 Å². The van der Waals surface area contributed by atoms with Gasteiger partial charge >= 0.3 is 0 Å². The van der Waals surface area contributed by atoms with E-state index in [9.17, 15) is 0 Å². The Labute approximate surface area is 221 Å². The number of hydrogen-bond donors (Lipinski definition) is 0. The van der Waals surface area contributed by atoms with E-state index in [1.165, 1.54) is 60.0 Å². The summed E-state index contributed by atoms with van der Waals surface area (Å²) >= 11 is 0. The van der Waals surface area contributed by atoms with Crippen LogP contribution in [0, 0.1) is 0 Å². The van der Waals surface area contributed by atoms with Gasteiger partial charge in [-0.05, 0) is 47.9 Å². The first-order valence-corrected chi connectivity index (χ1v) is 13.4. The van der Waals surface area contributed by atoms with E-state index in [0.717, 1.165) is 27.8 Å². The Bertz CT molecular complexity index is 2610. The van der Waals surface area contributed by atoms with E-state index in [0.29, 0.717) is 0 Å². The average molecular weight is 500 g/mol. The Morgan fingerprint density at radius 2 is 1.21 bits per heavy atom. The first-order chi connectivity index (χ1) is 19.3. The second-order valence-corrected chi connectivity index (χ2v) is 10.6.